The highest BCUT2D eigenvalue weighted by Crippen LogP contribution is 2.28. The number of benzene rings is 1. The van der Waals surface area contributed by atoms with Crippen LogP contribution in [0.15, 0.2) is 18.2 Å². The summed E-state index contributed by atoms with van der Waals surface area (Å²) in [7, 11) is 0. The molecule has 1 rings (SSSR count). The first-order valence-electron chi connectivity index (χ1n) is 5.92. The minimum Gasteiger partial charge on any atom is -0.487 e. The van der Waals surface area contributed by atoms with Crippen molar-refractivity contribution in [1.82, 2.24) is 0 Å². The number of carbonyl (C=O) groups excluding carboxylic acids is 1. The van der Waals surface area contributed by atoms with Gasteiger partial charge in [0.1, 0.15) is 11.4 Å². The molecule has 0 fully saturated rings. The largest absolute Gasteiger partial charge is 0.487 e. The van der Waals surface area contributed by atoms with Crippen LogP contribution >= 0.6 is 0 Å². The molecule has 0 heterocycles. The van der Waals surface area contributed by atoms with Crippen molar-refractivity contribution in [3.63, 3.8) is 0 Å². The zero-order valence-electron chi connectivity index (χ0n) is 11.6. The molecule has 0 spiro atoms. The average molecular weight is 234 g/mol. The third-order valence-corrected chi connectivity index (χ3v) is 2.42. The van der Waals surface area contributed by atoms with Gasteiger partial charge in [-0.15, -0.1) is 0 Å². The zero-order valence-corrected chi connectivity index (χ0v) is 11.6. The molecule has 0 aliphatic heterocycles. The molecule has 0 aliphatic rings. The Morgan fingerprint density at radius 1 is 1.06 bits per heavy atom. The van der Waals surface area contributed by atoms with Crippen molar-refractivity contribution < 1.29 is 9.53 Å². The van der Waals surface area contributed by atoms with E-state index in [1.165, 1.54) is 0 Å². The summed E-state index contributed by atoms with van der Waals surface area (Å²) >= 11 is 0. The molecule has 0 atom stereocenters. The monoisotopic (exact) mass is 234 g/mol. The predicted molar refractivity (Wildman–Crippen MR) is 70.9 cm³/mol. The van der Waals surface area contributed by atoms with Gasteiger partial charge in [-0.3, -0.25) is 4.79 Å². The van der Waals surface area contributed by atoms with Crippen LogP contribution in [0.25, 0.3) is 0 Å². The van der Waals surface area contributed by atoms with Crippen molar-refractivity contribution in [2.75, 3.05) is 0 Å². The molecular formula is C15H22O2. The van der Waals surface area contributed by atoms with Crippen molar-refractivity contribution in [2.45, 2.75) is 52.6 Å². The van der Waals surface area contributed by atoms with Crippen LogP contribution in [0.5, 0.6) is 5.75 Å². The molecule has 0 unspecified atom stereocenters. The van der Waals surface area contributed by atoms with Crippen molar-refractivity contribution in [3.05, 3.63) is 29.3 Å². The molecule has 0 radical (unpaired) electrons. The maximum absolute atomic E-state index is 11.1. The number of hydrogen-bond acceptors (Lipinski definition) is 2. The molecule has 17 heavy (non-hydrogen) atoms. The maximum atomic E-state index is 11.1. The number of ether oxygens (including phenoxy) is 1. The third-order valence-electron chi connectivity index (χ3n) is 2.42. The lowest BCUT2D eigenvalue weighted by Crippen LogP contribution is -2.24. The Morgan fingerprint density at radius 2 is 1.65 bits per heavy atom. The maximum Gasteiger partial charge on any atom is 0.153 e. The molecule has 0 aromatic heterocycles. The van der Waals surface area contributed by atoms with Crippen LogP contribution in [0, 0.1) is 0 Å². The summed E-state index contributed by atoms with van der Waals surface area (Å²) in [5.41, 5.74) is 1.51. The normalized spacial score (nSPS) is 12.4. The Kier molecular flexibility index (Phi) is 3.65. The number of aldehydes is 1. The van der Waals surface area contributed by atoms with Gasteiger partial charge in [-0.1, -0.05) is 26.8 Å². The summed E-state index contributed by atoms with van der Waals surface area (Å²) in [6.45, 7) is 12.3. The SMILES string of the molecule is CC(C)(C)Oc1ccc(C(C)(C)C)cc1C=O. The molecule has 0 saturated heterocycles. The lowest BCUT2D eigenvalue weighted by Gasteiger charge is -2.24. The van der Waals surface area contributed by atoms with E-state index in [0.717, 1.165) is 11.8 Å². The quantitative estimate of drug-likeness (QED) is 0.724. The van der Waals surface area contributed by atoms with Crippen LogP contribution in [0.1, 0.15) is 57.5 Å². The molecule has 0 aliphatic carbocycles. The smallest absolute Gasteiger partial charge is 0.153 e. The van der Waals surface area contributed by atoms with E-state index in [1.54, 1.807) is 0 Å². The van der Waals surface area contributed by atoms with E-state index < -0.39 is 0 Å². The fourth-order valence-electron chi connectivity index (χ4n) is 1.53. The first kappa shape index (κ1) is 13.8. The topological polar surface area (TPSA) is 26.3 Å². The Balaban J connectivity index is 3.15. The van der Waals surface area contributed by atoms with Crippen molar-refractivity contribution in [1.29, 1.82) is 0 Å². The minimum absolute atomic E-state index is 0.0397. The Bertz CT molecular complexity index is 406. The summed E-state index contributed by atoms with van der Waals surface area (Å²) in [4.78, 5) is 11.1. The lowest BCUT2D eigenvalue weighted by atomic mass is 9.86. The van der Waals surface area contributed by atoms with E-state index in [9.17, 15) is 4.79 Å². The fraction of sp³-hybridized carbons (Fsp3) is 0.533. The molecule has 1 aromatic carbocycles. The third kappa shape index (κ3) is 3.88. The highest BCUT2D eigenvalue weighted by Gasteiger charge is 2.18. The van der Waals surface area contributed by atoms with Gasteiger partial charge in [0.2, 0.25) is 0 Å². The molecular weight excluding hydrogens is 212 g/mol. The number of rotatable bonds is 2. The zero-order chi connectivity index (χ0) is 13.3. The summed E-state index contributed by atoms with van der Waals surface area (Å²) in [5, 5.41) is 0. The first-order valence-corrected chi connectivity index (χ1v) is 5.92. The van der Waals surface area contributed by atoms with Crippen molar-refractivity contribution in [3.8, 4) is 5.75 Å². The second-order valence-electron chi connectivity index (χ2n) is 6.33. The number of carbonyl (C=O) groups is 1. The van der Waals surface area contributed by atoms with Crippen LogP contribution in [0.3, 0.4) is 0 Å². The second-order valence-corrected chi connectivity index (χ2v) is 6.33. The summed E-state index contributed by atoms with van der Waals surface area (Å²) in [6, 6.07) is 5.82. The van der Waals surface area contributed by atoms with E-state index in [1.807, 2.05) is 39.0 Å². The standard InChI is InChI=1S/C15H22O2/c1-14(2,3)12-7-8-13(11(9-12)10-16)17-15(4,5)6/h7-10H,1-6H3. The van der Waals surface area contributed by atoms with Gasteiger partial charge in [-0.05, 0) is 43.9 Å². The molecule has 0 saturated carbocycles. The fourth-order valence-corrected chi connectivity index (χ4v) is 1.53. The Morgan fingerprint density at radius 3 is 2.06 bits per heavy atom. The molecule has 0 N–H and O–H groups in total. The molecule has 2 nitrogen and oxygen atoms in total. The molecule has 0 bridgehead atoms. The van der Waals surface area contributed by atoms with E-state index in [2.05, 4.69) is 20.8 Å². The second kappa shape index (κ2) is 4.52. The van der Waals surface area contributed by atoms with E-state index >= 15 is 0 Å². The van der Waals surface area contributed by atoms with Gasteiger partial charge in [-0.2, -0.15) is 0 Å². The lowest BCUT2D eigenvalue weighted by molar-refractivity contribution is 0.109. The van der Waals surface area contributed by atoms with Crippen LogP contribution in [0.4, 0.5) is 0 Å². The van der Waals surface area contributed by atoms with E-state index in [0.29, 0.717) is 11.3 Å². The van der Waals surface area contributed by atoms with Gasteiger partial charge in [0, 0.05) is 0 Å². The molecule has 2 heteroatoms. The minimum atomic E-state index is -0.291. The average Bonchev–Trinajstić information content (AvgIpc) is 2.14. The van der Waals surface area contributed by atoms with Gasteiger partial charge in [0.05, 0.1) is 5.56 Å². The van der Waals surface area contributed by atoms with Crippen LogP contribution < -0.4 is 4.74 Å². The molecule has 1 aromatic rings. The highest BCUT2D eigenvalue weighted by molar-refractivity contribution is 5.79. The van der Waals surface area contributed by atoms with E-state index in [4.69, 9.17) is 4.74 Å². The highest BCUT2D eigenvalue weighted by atomic mass is 16.5. The van der Waals surface area contributed by atoms with Crippen LogP contribution in [-0.4, -0.2) is 11.9 Å². The summed E-state index contributed by atoms with van der Waals surface area (Å²) in [6.07, 6.45) is 0.857. The van der Waals surface area contributed by atoms with Crippen molar-refractivity contribution >= 4 is 6.29 Å². The first-order chi connectivity index (χ1) is 7.63. The Labute approximate surface area is 104 Å². The van der Waals surface area contributed by atoms with Gasteiger partial charge in [0.15, 0.2) is 6.29 Å². The summed E-state index contributed by atoms with van der Waals surface area (Å²) < 4.78 is 5.76. The van der Waals surface area contributed by atoms with Crippen molar-refractivity contribution in [2.24, 2.45) is 0 Å². The van der Waals surface area contributed by atoms with Gasteiger partial charge in [0.25, 0.3) is 0 Å². The van der Waals surface area contributed by atoms with Gasteiger partial charge >= 0.3 is 0 Å². The van der Waals surface area contributed by atoms with Crippen LogP contribution in [0.2, 0.25) is 0 Å². The number of hydrogen-bond donors (Lipinski definition) is 0. The Hall–Kier alpha value is -1.31. The molecule has 94 valence electrons. The predicted octanol–water partition coefficient (Wildman–Crippen LogP) is 3.97. The molecule has 0 amide bonds. The van der Waals surface area contributed by atoms with Crippen LogP contribution in [-0.2, 0) is 5.41 Å². The van der Waals surface area contributed by atoms with Gasteiger partial charge in [-0.25, -0.2) is 0 Å². The van der Waals surface area contributed by atoms with E-state index in [-0.39, 0.29) is 11.0 Å². The summed E-state index contributed by atoms with van der Waals surface area (Å²) in [5.74, 6) is 0.653. The van der Waals surface area contributed by atoms with Gasteiger partial charge < -0.3 is 4.74 Å².